The van der Waals surface area contributed by atoms with Gasteiger partial charge in [0.05, 0.1) is 18.9 Å². The number of hydrogen-bond acceptors (Lipinski definition) is 7. The van der Waals surface area contributed by atoms with Gasteiger partial charge < -0.3 is 15.4 Å². The first-order valence-corrected chi connectivity index (χ1v) is 11.8. The number of aromatic nitrogens is 4. The van der Waals surface area contributed by atoms with E-state index < -0.39 is 0 Å². The van der Waals surface area contributed by atoms with Crippen LogP contribution in [0.4, 0.5) is 5.69 Å². The third-order valence-electron chi connectivity index (χ3n) is 5.20. The molecule has 0 spiro atoms. The molecule has 1 aromatic heterocycles. The van der Waals surface area contributed by atoms with E-state index in [1.165, 1.54) is 16.4 Å². The van der Waals surface area contributed by atoms with Crippen LogP contribution in [0.15, 0.2) is 84.0 Å². The van der Waals surface area contributed by atoms with Crippen LogP contribution in [0.25, 0.3) is 0 Å². The molecule has 0 saturated carbocycles. The molecule has 9 nitrogen and oxygen atoms in total. The highest BCUT2D eigenvalue weighted by atomic mass is 32.2. The quantitative estimate of drug-likeness (QED) is 0.347. The molecule has 0 bridgehead atoms. The Bertz CT molecular complexity index is 1280. The first-order valence-electron chi connectivity index (χ1n) is 10.8. The van der Waals surface area contributed by atoms with Crippen molar-refractivity contribution in [2.24, 2.45) is 7.05 Å². The van der Waals surface area contributed by atoms with Crippen LogP contribution in [0.2, 0.25) is 0 Å². The van der Waals surface area contributed by atoms with E-state index in [0.29, 0.717) is 16.4 Å². The van der Waals surface area contributed by atoms with Gasteiger partial charge in [-0.25, -0.2) is 4.68 Å². The Hall–Kier alpha value is -4.18. The molecule has 35 heavy (non-hydrogen) atoms. The van der Waals surface area contributed by atoms with E-state index in [9.17, 15) is 9.59 Å². The van der Waals surface area contributed by atoms with Gasteiger partial charge in [-0.2, -0.15) is 0 Å². The van der Waals surface area contributed by atoms with Crippen molar-refractivity contribution in [3.8, 4) is 5.75 Å². The van der Waals surface area contributed by atoms with Gasteiger partial charge in [0.15, 0.2) is 0 Å². The van der Waals surface area contributed by atoms with Gasteiger partial charge in [0.25, 0.3) is 5.91 Å². The fourth-order valence-corrected chi connectivity index (χ4v) is 4.04. The van der Waals surface area contributed by atoms with Gasteiger partial charge in [-0.15, -0.1) is 5.10 Å². The number of anilines is 1. The lowest BCUT2D eigenvalue weighted by molar-refractivity contribution is -0.113. The summed E-state index contributed by atoms with van der Waals surface area (Å²) in [5.41, 5.74) is 2.98. The monoisotopic (exact) mass is 488 g/mol. The van der Waals surface area contributed by atoms with Crippen LogP contribution in [0.1, 0.15) is 27.5 Å². The molecule has 0 radical (unpaired) electrons. The van der Waals surface area contributed by atoms with Gasteiger partial charge in [-0.05, 0) is 58.0 Å². The Morgan fingerprint density at radius 3 is 2.29 bits per heavy atom. The molecule has 0 aliphatic heterocycles. The highest BCUT2D eigenvalue weighted by Crippen LogP contribution is 2.25. The van der Waals surface area contributed by atoms with Crippen LogP contribution < -0.4 is 15.4 Å². The van der Waals surface area contributed by atoms with Crippen LogP contribution in [0, 0.1) is 0 Å². The molecule has 10 heteroatoms. The van der Waals surface area contributed by atoms with Crippen molar-refractivity contribution in [2.75, 3.05) is 18.2 Å². The van der Waals surface area contributed by atoms with Crippen molar-refractivity contribution in [2.45, 2.75) is 11.2 Å². The molecule has 3 aromatic carbocycles. The summed E-state index contributed by atoms with van der Waals surface area (Å²) in [6.07, 6.45) is 0. The van der Waals surface area contributed by atoms with Crippen LogP contribution in [0.5, 0.6) is 5.75 Å². The van der Waals surface area contributed by atoms with Crippen LogP contribution in [-0.2, 0) is 11.8 Å². The highest BCUT2D eigenvalue weighted by Gasteiger charge is 2.18. The molecule has 0 aliphatic rings. The van der Waals surface area contributed by atoms with Crippen LogP contribution in [0.3, 0.4) is 0 Å². The molecule has 0 fully saturated rings. The van der Waals surface area contributed by atoms with Crippen molar-refractivity contribution < 1.29 is 14.3 Å². The normalized spacial score (nSPS) is 11.5. The lowest BCUT2D eigenvalue weighted by Crippen LogP contribution is -2.29. The zero-order valence-corrected chi connectivity index (χ0v) is 20.0. The molecule has 2 N–H and O–H groups in total. The number of carbonyl (C=O) groups excluding carboxylic acids is 2. The topological polar surface area (TPSA) is 111 Å². The van der Waals surface area contributed by atoms with E-state index in [4.69, 9.17) is 4.74 Å². The van der Waals surface area contributed by atoms with Crippen molar-refractivity contribution >= 4 is 29.3 Å². The van der Waals surface area contributed by atoms with E-state index in [1.807, 2.05) is 54.6 Å². The van der Waals surface area contributed by atoms with E-state index >= 15 is 0 Å². The van der Waals surface area contributed by atoms with Gasteiger partial charge in [-0.3, -0.25) is 9.59 Å². The predicted molar refractivity (Wildman–Crippen MR) is 133 cm³/mol. The number of ether oxygens (including phenoxy) is 1. The fraction of sp³-hybridized carbons (Fsp3) is 0.160. The number of nitrogens with zero attached hydrogens (tertiary/aromatic N) is 4. The second-order valence-corrected chi connectivity index (χ2v) is 8.53. The minimum absolute atomic E-state index is 0.164. The summed E-state index contributed by atoms with van der Waals surface area (Å²) < 4.78 is 6.75. The molecule has 4 rings (SSSR count). The molecule has 1 unspecified atom stereocenters. The molecule has 1 atom stereocenters. The summed E-state index contributed by atoms with van der Waals surface area (Å²) in [5.74, 6) is 0.491. The van der Waals surface area contributed by atoms with E-state index in [0.717, 1.165) is 16.9 Å². The minimum atomic E-state index is -0.332. The van der Waals surface area contributed by atoms with Crippen LogP contribution in [-0.4, -0.2) is 44.9 Å². The zero-order chi connectivity index (χ0) is 24.6. The Labute approximate surface area is 206 Å². The maximum absolute atomic E-state index is 13.1. The molecule has 1 heterocycles. The fourth-order valence-electron chi connectivity index (χ4n) is 3.39. The standard InChI is InChI=1S/C25H24N6O3S/c1-31-25(28-29-30-31)35-16-22(32)26-20-12-8-19(9-13-20)24(33)27-23(17-6-4-3-5-7-17)18-10-14-21(34-2)15-11-18/h3-15,23H,16H2,1-2H3,(H,26,32)(H,27,33). The minimum Gasteiger partial charge on any atom is -0.497 e. The highest BCUT2D eigenvalue weighted by molar-refractivity contribution is 7.99. The number of tetrazole rings is 1. The molecule has 0 saturated heterocycles. The molecule has 2 amide bonds. The summed E-state index contributed by atoms with van der Waals surface area (Å²) in [5, 5.41) is 17.6. The lowest BCUT2D eigenvalue weighted by atomic mass is 9.98. The number of hydrogen-bond donors (Lipinski definition) is 2. The second kappa shape index (κ2) is 11.3. The van der Waals surface area contributed by atoms with Crippen molar-refractivity contribution in [1.29, 1.82) is 0 Å². The van der Waals surface area contributed by atoms with Gasteiger partial charge in [0, 0.05) is 18.3 Å². The van der Waals surface area contributed by atoms with Gasteiger partial charge in [0.2, 0.25) is 11.1 Å². The van der Waals surface area contributed by atoms with E-state index in [-0.39, 0.29) is 23.6 Å². The summed E-state index contributed by atoms with van der Waals surface area (Å²) in [6, 6.07) is 23.8. The second-order valence-electron chi connectivity index (χ2n) is 7.59. The number of nitrogens with one attached hydrogen (secondary N) is 2. The number of benzene rings is 3. The Morgan fingerprint density at radius 2 is 1.66 bits per heavy atom. The zero-order valence-electron chi connectivity index (χ0n) is 19.2. The van der Waals surface area contributed by atoms with Gasteiger partial charge in [0.1, 0.15) is 5.75 Å². The van der Waals surface area contributed by atoms with Crippen molar-refractivity contribution in [3.63, 3.8) is 0 Å². The summed E-state index contributed by atoms with van der Waals surface area (Å²) in [6.45, 7) is 0. The largest absolute Gasteiger partial charge is 0.497 e. The Balaban J connectivity index is 1.41. The number of amides is 2. The Morgan fingerprint density at radius 1 is 0.971 bits per heavy atom. The van der Waals surface area contributed by atoms with E-state index in [2.05, 4.69) is 26.2 Å². The van der Waals surface area contributed by atoms with Crippen molar-refractivity contribution in [1.82, 2.24) is 25.5 Å². The molecular formula is C25H24N6O3S. The smallest absolute Gasteiger partial charge is 0.252 e. The Kier molecular flexibility index (Phi) is 7.74. The maximum atomic E-state index is 13.1. The van der Waals surface area contributed by atoms with Crippen LogP contribution >= 0.6 is 11.8 Å². The predicted octanol–water partition coefficient (Wildman–Crippen LogP) is 3.47. The number of rotatable bonds is 9. The summed E-state index contributed by atoms with van der Waals surface area (Å²) in [7, 11) is 3.33. The molecule has 178 valence electrons. The number of thioether (sulfide) groups is 1. The lowest BCUT2D eigenvalue weighted by Gasteiger charge is -2.20. The average molecular weight is 489 g/mol. The third kappa shape index (κ3) is 6.24. The molecule has 0 aliphatic carbocycles. The first-order chi connectivity index (χ1) is 17.0. The van der Waals surface area contributed by atoms with E-state index in [1.54, 1.807) is 38.4 Å². The SMILES string of the molecule is COc1ccc(C(NC(=O)c2ccc(NC(=O)CSc3nnnn3C)cc2)c2ccccc2)cc1. The average Bonchev–Trinajstić information content (AvgIpc) is 3.31. The number of aryl methyl sites for hydroxylation is 1. The number of carbonyl (C=O) groups is 2. The summed E-state index contributed by atoms with van der Waals surface area (Å²) in [4.78, 5) is 25.3. The maximum Gasteiger partial charge on any atom is 0.252 e. The van der Waals surface area contributed by atoms with Crippen molar-refractivity contribution in [3.05, 3.63) is 95.6 Å². The molecular weight excluding hydrogens is 464 g/mol. The first kappa shape index (κ1) is 24.0. The van der Waals surface area contributed by atoms with Gasteiger partial charge in [-0.1, -0.05) is 54.2 Å². The third-order valence-corrected chi connectivity index (χ3v) is 6.21. The van der Waals surface area contributed by atoms with Gasteiger partial charge >= 0.3 is 0 Å². The number of methoxy groups -OCH3 is 1. The summed E-state index contributed by atoms with van der Waals surface area (Å²) >= 11 is 1.24. The molecule has 4 aromatic rings.